The maximum absolute atomic E-state index is 5.28. The molecule has 0 atom stereocenters. The van der Waals surface area contributed by atoms with E-state index in [1.807, 2.05) is 13.8 Å². The van der Waals surface area contributed by atoms with Crippen molar-refractivity contribution in [2.24, 2.45) is 5.73 Å². The fourth-order valence-electron chi connectivity index (χ4n) is 0.0295. The number of nitrogens with two attached hydrogens (primary N) is 1. The molecule has 7 heavy (non-hydrogen) atoms. The molecule has 0 saturated carbocycles. The molecule has 0 amide bonds. The van der Waals surface area contributed by atoms with Gasteiger partial charge in [-0.1, -0.05) is 0 Å². The SMILES string of the molecule is CC(C)(CN)[O][Ru]. The summed E-state index contributed by atoms with van der Waals surface area (Å²) >= 11 is 2.10. The molecular weight excluding hydrogens is 179 g/mol. The summed E-state index contributed by atoms with van der Waals surface area (Å²) in [5.74, 6) is 0. The quantitative estimate of drug-likeness (QED) is 0.630. The second-order valence-corrected chi connectivity index (χ2v) is 2.39. The fourth-order valence-corrected chi connectivity index (χ4v) is 0.174. The molecule has 0 aromatic carbocycles. The third-order valence-electron chi connectivity index (χ3n) is 0.687. The van der Waals surface area contributed by atoms with Crippen molar-refractivity contribution in [3.05, 3.63) is 0 Å². The van der Waals surface area contributed by atoms with Gasteiger partial charge in [0.05, 0.1) is 0 Å². The van der Waals surface area contributed by atoms with E-state index in [2.05, 4.69) is 18.7 Å². The Hall–Kier alpha value is 0.543. The van der Waals surface area contributed by atoms with Crippen LogP contribution in [0.15, 0.2) is 0 Å². The monoisotopic (exact) mass is 190 g/mol. The Kier molecular flexibility index (Phi) is 2.97. The topological polar surface area (TPSA) is 35.2 Å². The van der Waals surface area contributed by atoms with Gasteiger partial charge in [0.15, 0.2) is 0 Å². The van der Waals surface area contributed by atoms with Crippen LogP contribution in [0.2, 0.25) is 0 Å². The summed E-state index contributed by atoms with van der Waals surface area (Å²) < 4.78 is 4.89. The second-order valence-electron chi connectivity index (χ2n) is 2.04. The molecule has 0 aromatic heterocycles. The first-order valence-electron chi connectivity index (χ1n) is 2.11. The summed E-state index contributed by atoms with van der Waals surface area (Å²) in [5.41, 5.74) is 5.11. The van der Waals surface area contributed by atoms with Crippen molar-refractivity contribution in [1.29, 1.82) is 0 Å². The summed E-state index contributed by atoms with van der Waals surface area (Å²) in [7, 11) is 0. The van der Waals surface area contributed by atoms with E-state index in [9.17, 15) is 0 Å². The summed E-state index contributed by atoms with van der Waals surface area (Å²) in [4.78, 5) is 0. The molecule has 0 radical (unpaired) electrons. The van der Waals surface area contributed by atoms with Gasteiger partial charge in [-0.2, -0.15) is 0 Å². The normalized spacial score (nSPS) is 12.0. The minimum atomic E-state index is -0.170. The molecule has 3 heteroatoms. The average Bonchev–Trinajstić information content (AvgIpc) is 1.68. The van der Waals surface area contributed by atoms with Crippen LogP contribution in [0.25, 0.3) is 0 Å². The molecule has 0 spiro atoms. The van der Waals surface area contributed by atoms with Crippen molar-refractivity contribution in [3.8, 4) is 0 Å². The molecule has 0 unspecified atom stereocenters. The van der Waals surface area contributed by atoms with Gasteiger partial charge in [-0.05, 0) is 0 Å². The first-order chi connectivity index (χ1) is 3.12. The summed E-state index contributed by atoms with van der Waals surface area (Å²) in [6, 6.07) is 0. The van der Waals surface area contributed by atoms with Crippen LogP contribution in [0.4, 0.5) is 0 Å². The molecule has 0 aliphatic heterocycles. The van der Waals surface area contributed by atoms with E-state index in [0.717, 1.165) is 0 Å². The van der Waals surface area contributed by atoms with Crippen LogP contribution in [-0.4, -0.2) is 12.1 Å². The van der Waals surface area contributed by atoms with Gasteiger partial charge in [0, 0.05) is 0 Å². The van der Waals surface area contributed by atoms with E-state index in [1.54, 1.807) is 0 Å². The molecule has 0 aromatic rings. The van der Waals surface area contributed by atoms with Crippen molar-refractivity contribution in [3.63, 3.8) is 0 Å². The van der Waals surface area contributed by atoms with Crippen molar-refractivity contribution >= 4 is 0 Å². The third kappa shape index (κ3) is 3.15. The molecule has 2 N–H and O–H groups in total. The van der Waals surface area contributed by atoms with Gasteiger partial charge in [-0.3, -0.25) is 0 Å². The molecule has 2 nitrogen and oxygen atoms in total. The van der Waals surface area contributed by atoms with E-state index < -0.39 is 0 Å². The van der Waals surface area contributed by atoms with Crippen LogP contribution in [0.3, 0.4) is 0 Å². The van der Waals surface area contributed by atoms with Gasteiger partial charge >= 0.3 is 54.0 Å². The molecule has 0 saturated heterocycles. The average molecular weight is 189 g/mol. The fraction of sp³-hybridized carbons (Fsp3) is 1.00. The van der Waals surface area contributed by atoms with Crippen molar-refractivity contribution < 1.29 is 22.2 Å². The predicted octanol–water partition coefficient (Wildman–Crippen LogP) is 0.202. The molecule has 0 heterocycles. The first kappa shape index (κ1) is 7.54. The van der Waals surface area contributed by atoms with E-state index in [1.165, 1.54) is 0 Å². The molecule has 0 bridgehead atoms. The molecule has 0 aliphatic carbocycles. The van der Waals surface area contributed by atoms with Crippen LogP contribution in [0.5, 0.6) is 0 Å². The molecule has 0 aliphatic rings. The number of rotatable bonds is 2. The molecular formula is C4H10NORu. The van der Waals surface area contributed by atoms with Crippen LogP contribution in [-0.2, 0) is 22.2 Å². The Bertz CT molecular complexity index is 49.7. The van der Waals surface area contributed by atoms with Gasteiger partial charge in [0.1, 0.15) is 0 Å². The number of hydrogen-bond donors (Lipinski definition) is 1. The van der Waals surface area contributed by atoms with Gasteiger partial charge in [-0.25, -0.2) is 0 Å². The van der Waals surface area contributed by atoms with Crippen LogP contribution < -0.4 is 5.73 Å². The Balaban J connectivity index is 3.36. The zero-order chi connectivity index (χ0) is 5.91. The van der Waals surface area contributed by atoms with Crippen LogP contribution in [0.1, 0.15) is 13.8 Å². The molecule has 0 rings (SSSR count). The first-order valence-corrected chi connectivity index (χ1v) is 2.82. The molecule has 45 valence electrons. The van der Waals surface area contributed by atoms with Crippen LogP contribution in [0, 0.1) is 0 Å². The summed E-state index contributed by atoms with van der Waals surface area (Å²) in [5, 5.41) is 0. The third-order valence-corrected chi connectivity index (χ3v) is 1.65. The standard InChI is InChI=1S/C4H10NO.Ru/c1-4(2,6)3-5;/h3,5H2,1-2H3;/q-1;+1. The van der Waals surface area contributed by atoms with Crippen molar-refractivity contribution in [2.45, 2.75) is 19.4 Å². The summed E-state index contributed by atoms with van der Waals surface area (Å²) in [6.07, 6.45) is 0. The van der Waals surface area contributed by atoms with E-state index in [-0.39, 0.29) is 5.60 Å². The Morgan fingerprint density at radius 3 is 2.14 bits per heavy atom. The van der Waals surface area contributed by atoms with Gasteiger partial charge < -0.3 is 0 Å². The van der Waals surface area contributed by atoms with E-state index in [4.69, 9.17) is 9.30 Å². The van der Waals surface area contributed by atoms with Gasteiger partial charge in [-0.15, -0.1) is 0 Å². The van der Waals surface area contributed by atoms with E-state index in [0.29, 0.717) is 6.54 Å². The summed E-state index contributed by atoms with van der Waals surface area (Å²) in [6.45, 7) is 4.42. The van der Waals surface area contributed by atoms with Crippen molar-refractivity contribution in [1.82, 2.24) is 0 Å². The zero-order valence-electron chi connectivity index (χ0n) is 4.55. The van der Waals surface area contributed by atoms with Crippen molar-refractivity contribution in [2.75, 3.05) is 6.54 Å². The van der Waals surface area contributed by atoms with Gasteiger partial charge in [0.2, 0.25) is 0 Å². The van der Waals surface area contributed by atoms with Gasteiger partial charge in [0.25, 0.3) is 0 Å². The predicted molar refractivity (Wildman–Crippen MR) is 24.2 cm³/mol. The number of hydrogen-bond acceptors (Lipinski definition) is 2. The molecule has 0 fully saturated rings. The minimum absolute atomic E-state index is 0.170. The Labute approximate surface area is 54.5 Å². The zero-order valence-corrected chi connectivity index (χ0v) is 6.28. The maximum atomic E-state index is 5.28. The Morgan fingerprint density at radius 2 is 2.14 bits per heavy atom. The van der Waals surface area contributed by atoms with E-state index >= 15 is 0 Å². The Morgan fingerprint density at radius 1 is 1.71 bits per heavy atom. The second kappa shape index (κ2) is 2.75. The van der Waals surface area contributed by atoms with Crippen LogP contribution >= 0.6 is 0 Å².